The molecule has 2 fully saturated rings. The van der Waals surface area contributed by atoms with Crippen LogP contribution >= 0.6 is 11.3 Å². The van der Waals surface area contributed by atoms with Gasteiger partial charge in [-0.25, -0.2) is 0 Å². The summed E-state index contributed by atoms with van der Waals surface area (Å²) in [7, 11) is 0. The van der Waals surface area contributed by atoms with E-state index in [1.165, 1.54) is 12.8 Å². The predicted octanol–water partition coefficient (Wildman–Crippen LogP) is 4.51. The van der Waals surface area contributed by atoms with Crippen LogP contribution in [0.5, 0.6) is 0 Å². The number of amides is 2. The van der Waals surface area contributed by atoms with E-state index in [9.17, 15) is 9.59 Å². The van der Waals surface area contributed by atoms with Gasteiger partial charge in [0.05, 0.1) is 5.56 Å². The van der Waals surface area contributed by atoms with E-state index in [4.69, 9.17) is 0 Å². The minimum absolute atomic E-state index is 0.0931. The van der Waals surface area contributed by atoms with Gasteiger partial charge < -0.3 is 10.2 Å². The fraction of sp³-hybridized carbons (Fsp3) is 0.684. The summed E-state index contributed by atoms with van der Waals surface area (Å²) in [5, 5.41) is 3.85. The van der Waals surface area contributed by atoms with Crippen molar-refractivity contribution in [1.82, 2.24) is 4.90 Å². The molecule has 3 rings (SSSR count). The Kier molecular flexibility index (Phi) is 5.59. The molecular formula is C19H28N2O2S. The van der Waals surface area contributed by atoms with Crippen LogP contribution in [-0.2, 0) is 4.79 Å². The van der Waals surface area contributed by atoms with Gasteiger partial charge in [-0.15, -0.1) is 11.3 Å². The average Bonchev–Trinajstić information content (AvgIpc) is 2.89. The number of anilines is 1. The van der Waals surface area contributed by atoms with Crippen molar-refractivity contribution in [3.05, 3.63) is 16.0 Å². The Balaban J connectivity index is 1.78. The number of nitrogens with zero attached hydrogens (tertiary/aromatic N) is 1. The van der Waals surface area contributed by atoms with Crippen LogP contribution in [0.15, 0.2) is 0 Å². The first-order valence-corrected chi connectivity index (χ1v) is 10.1. The molecule has 1 saturated heterocycles. The standard InChI is InChI=1S/C19H28N2O2S/c1-13-14(2)24-18(20-17(22)15-9-5-3-6-10-15)16(13)19(23)21-11-7-4-8-12-21/h15H,3-12H2,1-2H3,(H,20,22). The molecular weight excluding hydrogens is 320 g/mol. The lowest BCUT2D eigenvalue weighted by molar-refractivity contribution is -0.120. The van der Waals surface area contributed by atoms with Crippen molar-refractivity contribution in [2.24, 2.45) is 5.92 Å². The van der Waals surface area contributed by atoms with Crippen molar-refractivity contribution in [1.29, 1.82) is 0 Å². The maximum atomic E-state index is 13.0. The van der Waals surface area contributed by atoms with Crippen LogP contribution < -0.4 is 5.32 Å². The molecule has 1 aromatic rings. The Morgan fingerprint density at radius 2 is 1.62 bits per heavy atom. The molecule has 0 spiro atoms. The molecule has 0 unspecified atom stereocenters. The third-order valence-corrected chi connectivity index (χ3v) is 6.58. The molecule has 2 aliphatic rings. The van der Waals surface area contributed by atoms with Gasteiger partial charge in [-0.1, -0.05) is 19.3 Å². The van der Waals surface area contributed by atoms with Gasteiger partial charge in [0.15, 0.2) is 0 Å². The van der Waals surface area contributed by atoms with E-state index < -0.39 is 0 Å². The predicted molar refractivity (Wildman–Crippen MR) is 98.8 cm³/mol. The molecule has 0 bridgehead atoms. The van der Waals surface area contributed by atoms with E-state index in [0.29, 0.717) is 0 Å². The number of piperidine rings is 1. The van der Waals surface area contributed by atoms with Gasteiger partial charge in [0.1, 0.15) is 5.00 Å². The van der Waals surface area contributed by atoms with E-state index in [1.807, 2.05) is 18.7 Å². The van der Waals surface area contributed by atoms with Gasteiger partial charge in [0.25, 0.3) is 5.91 Å². The Morgan fingerprint density at radius 3 is 2.29 bits per heavy atom. The summed E-state index contributed by atoms with van der Waals surface area (Å²) in [6, 6.07) is 0. The zero-order valence-corrected chi connectivity index (χ0v) is 15.6. The molecule has 1 aromatic heterocycles. The van der Waals surface area contributed by atoms with Gasteiger partial charge in [-0.05, 0) is 51.5 Å². The number of rotatable bonds is 3. The number of thiophene rings is 1. The molecule has 24 heavy (non-hydrogen) atoms. The Morgan fingerprint density at radius 1 is 1.00 bits per heavy atom. The highest BCUT2D eigenvalue weighted by Crippen LogP contribution is 2.35. The Bertz CT molecular complexity index is 611. The smallest absolute Gasteiger partial charge is 0.257 e. The summed E-state index contributed by atoms with van der Waals surface area (Å²) in [4.78, 5) is 28.7. The summed E-state index contributed by atoms with van der Waals surface area (Å²) in [5.41, 5.74) is 1.75. The van der Waals surface area contributed by atoms with E-state index in [-0.39, 0.29) is 17.7 Å². The van der Waals surface area contributed by atoms with Crippen molar-refractivity contribution in [2.45, 2.75) is 65.2 Å². The average molecular weight is 349 g/mol. The number of nitrogens with one attached hydrogen (secondary N) is 1. The molecule has 2 heterocycles. The lowest BCUT2D eigenvalue weighted by atomic mass is 9.89. The van der Waals surface area contributed by atoms with Gasteiger partial charge in [-0.3, -0.25) is 9.59 Å². The molecule has 0 aromatic carbocycles. The van der Waals surface area contributed by atoms with Crippen LogP contribution in [0.3, 0.4) is 0 Å². The van der Waals surface area contributed by atoms with Crippen LogP contribution in [0.25, 0.3) is 0 Å². The van der Waals surface area contributed by atoms with Crippen LogP contribution in [0.1, 0.15) is 72.2 Å². The lowest BCUT2D eigenvalue weighted by Crippen LogP contribution is -2.36. The van der Waals surface area contributed by atoms with Crippen LogP contribution in [0, 0.1) is 19.8 Å². The molecule has 1 aliphatic carbocycles. The number of hydrogen-bond acceptors (Lipinski definition) is 3. The number of hydrogen-bond donors (Lipinski definition) is 1. The van der Waals surface area contributed by atoms with E-state index in [1.54, 1.807) is 11.3 Å². The fourth-order valence-electron chi connectivity index (χ4n) is 3.81. The van der Waals surface area contributed by atoms with Gasteiger partial charge in [-0.2, -0.15) is 0 Å². The molecule has 2 amide bonds. The lowest BCUT2D eigenvalue weighted by Gasteiger charge is -2.27. The molecule has 0 radical (unpaired) electrons. The maximum Gasteiger partial charge on any atom is 0.257 e. The molecule has 0 atom stereocenters. The van der Waals surface area contributed by atoms with Crippen LogP contribution in [0.4, 0.5) is 5.00 Å². The second-order valence-corrected chi connectivity index (χ2v) is 8.39. The molecule has 1 N–H and O–H groups in total. The zero-order chi connectivity index (χ0) is 17.1. The van der Waals surface area contributed by atoms with Gasteiger partial charge in [0.2, 0.25) is 5.91 Å². The van der Waals surface area contributed by atoms with Gasteiger partial charge in [0, 0.05) is 23.9 Å². The highest BCUT2D eigenvalue weighted by atomic mass is 32.1. The molecule has 1 saturated carbocycles. The Labute approximate surface area is 148 Å². The maximum absolute atomic E-state index is 13.0. The fourth-order valence-corrected chi connectivity index (χ4v) is 4.86. The molecule has 4 nitrogen and oxygen atoms in total. The summed E-state index contributed by atoms with van der Waals surface area (Å²) in [6.45, 7) is 5.70. The number of likely N-dealkylation sites (tertiary alicyclic amines) is 1. The first-order chi connectivity index (χ1) is 11.6. The summed E-state index contributed by atoms with van der Waals surface area (Å²) in [6.07, 6.45) is 8.83. The largest absolute Gasteiger partial charge is 0.339 e. The van der Waals surface area contributed by atoms with Crippen molar-refractivity contribution >= 4 is 28.2 Å². The first kappa shape index (κ1) is 17.5. The highest BCUT2D eigenvalue weighted by Gasteiger charge is 2.28. The topological polar surface area (TPSA) is 49.4 Å². The second kappa shape index (κ2) is 7.68. The van der Waals surface area contributed by atoms with Gasteiger partial charge >= 0.3 is 0 Å². The van der Waals surface area contributed by atoms with Crippen molar-refractivity contribution in [2.75, 3.05) is 18.4 Å². The third kappa shape index (κ3) is 3.66. The van der Waals surface area contributed by atoms with Crippen LogP contribution in [-0.4, -0.2) is 29.8 Å². The van der Waals surface area contributed by atoms with E-state index in [0.717, 1.165) is 72.6 Å². The number of carbonyl (C=O) groups is 2. The van der Waals surface area contributed by atoms with Crippen molar-refractivity contribution in [3.63, 3.8) is 0 Å². The summed E-state index contributed by atoms with van der Waals surface area (Å²) < 4.78 is 0. The zero-order valence-electron chi connectivity index (χ0n) is 14.8. The monoisotopic (exact) mass is 348 g/mol. The van der Waals surface area contributed by atoms with Crippen molar-refractivity contribution < 1.29 is 9.59 Å². The normalized spacial score (nSPS) is 19.3. The molecule has 132 valence electrons. The quantitative estimate of drug-likeness (QED) is 0.874. The number of carbonyl (C=O) groups excluding carboxylic acids is 2. The van der Waals surface area contributed by atoms with Crippen molar-refractivity contribution in [3.8, 4) is 0 Å². The SMILES string of the molecule is Cc1sc(NC(=O)C2CCCCC2)c(C(=O)N2CCCCC2)c1C. The highest BCUT2D eigenvalue weighted by molar-refractivity contribution is 7.16. The summed E-state index contributed by atoms with van der Waals surface area (Å²) in [5.74, 6) is 0.304. The minimum Gasteiger partial charge on any atom is -0.339 e. The second-order valence-electron chi connectivity index (χ2n) is 7.16. The number of aryl methyl sites for hydroxylation is 1. The Hall–Kier alpha value is -1.36. The summed E-state index contributed by atoms with van der Waals surface area (Å²) >= 11 is 1.55. The van der Waals surface area contributed by atoms with E-state index >= 15 is 0 Å². The molecule has 1 aliphatic heterocycles. The minimum atomic E-state index is 0.0931. The third-order valence-electron chi connectivity index (χ3n) is 5.46. The van der Waals surface area contributed by atoms with Crippen LogP contribution in [0.2, 0.25) is 0 Å². The molecule has 5 heteroatoms. The first-order valence-electron chi connectivity index (χ1n) is 9.28. The van der Waals surface area contributed by atoms with E-state index in [2.05, 4.69) is 5.32 Å².